The van der Waals surface area contributed by atoms with Crippen LogP contribution in [0, 0.1) is 21.4 Å². The summed E-state index contributed by atoms with van der Waals surface area (Å²) in [5.41, 5.74) is -0.582. The maximum atomic E-state index is 12.1. The molecular formula is C11H13N3O5S. The van der Waals surface area contributed by atoms with Crippen molar-refractivity contribution in [1.82, 2.24) is 4.72 Å². The van der Waals surface area contributed by atoms with Gasteiger partial charge in [0.05, 0.1) is 30.6 Å². The molecule has 0 aliphatic carbocycles. The van der Waals surface area contributed by atoms with Gasteiger partial charge in [-0.05, 0) is 19.1 Å². The van der Waals surface area contributed by atoms with E-state index in [1.807, 2.05) is 6.07 Å². The summed E-state index contributed by atoms with van der Waals surface area (Å²) in [5.74, 6) is 0.181. The minimum absolute atomic E-state index is 0.0385. The Morgan fingerprint density at radius 1 is 1.55 bits per heavy atom. The summed E-state index contributed by atoms with van der Waals surface area (Å²) in [6.07, 6.45) is -0.0385. The number of sulfonamides is 1. The van der Waals surface area contributed by atoms with Gasteiger partial charge in [-0.25, -0.2) is 13.1 Å². The molecule has 0 aliphatic rings. The highest BCUT2D eigenvalue weighted by Crippen LogP contribution is 2.28. The lowest BCUT2D eigenvalue weighted by Gasteiger charge is -2.11. The lowest BCUT2D eigenvalue weighted by atomic mass is 10.3. The third kappa shape index (κ3) is 3.66. The largest absolute Gasteiger partial charge is 0.497 e. The monoisotopic (exact) mass is 299 g/mol. The van der Waals surface area contributed by atoms with Crippen LogP contribution in [0.5, 0.6) is 5.75 Å². The summed E-state index contributed by atoms with van der Waals surface area (Å²) < 4.78 is 31.2. The van der Waals surface area contributed by atoms with Crippen LogP contribution in [0.25, 0.3) is 0 Å². The molecule has 0 saturated carbocycles. The van der Waals surface area contributed by atoms with Crippen LogP contribution >= 0.6 is 0 Å². The normalized spacial score (nSPS) is 12.4. The summed E-state index contributed by atoms with van der Waals surface area (Å²) in [6.45, 7) is 1.50. The van der Waals surface area contributed by atoms with E-state index in [0.29, 0.717) is 0 Å². The number of nitrogens with one attached hydrogen (secondary N) is 1. The van der Waals surface area contributed by atoms with E-state index < -0.39 is 31.6 Å². The fraction of sp³-hybridized carbons (Fsp3) is 0.364. The van der Waals surface area contributed by atoms with E-state index in [1.54, 1.807) is 0 Å². The van der Waals surface area contributed by atoms with Gasteiger partial charge in [0.2, 0.25) is 10.0 Å². The van der Waals surface area contributed by atoms with Crippen molar-refractivity contribution in [3.05, 3.63) is 28.3 Å². The van der Waals surface area contributed by atoms with E-state index in [4.69, 9.17) is 10.00 Å². The molecule has 1 N–H and O–H groups in total. The van der Waals surface area contributed by atoms with Crippen LogP contribution < -0.4 is 9.46 Å². The number of ether oxygens (including phenoxy) is 1. The molecule has 0 radical (unpaired) electrons. The molecule has 0 aliphatic heterocycles. The van der Waals surface area contributed by atoms with Gasteiger partial charge in [0, 0.05) is 6.04 Å². The maximum absolute atomic E-state index is 12.1. The minimum atomic E-state index is -4.08. The molecule has 8 nitrogen and oxygen atoms in total. The molecule has 1 atom stereocenters. The van der Waals surface area contributed by atoms with Gasteiger partial charge in [-0.1, -0.05) is 0 Å². The van der Waals surface area contributed by atoms with E-state index in [0.717, 1.165) is 12.1 Å². The third-order valence-corrected chi connectivity index (χ3v) is 4.04. The molecule has 0 saturated heterocycles. The Hall–Kier alpha value is -2.18. The van der Waals surface area contributed by atoms with Gasteiger partial charge in [-0.2, -0.15) is 5.26 Å². The topological polar surface area (TPSA) is 122 Å². The minimum Gasteiger partial charge on any atom is -0.497 e. The number of rotatable bonds is 6. The first-order valence-electron chi connectivity index (χ1n) is 5.53. The second-order valence-electron chi connectivity index (χ2n) is 3.98. The third-order valence-electron chi connectivity index (χ3n) is 2.41. The highest BCUT2D eigenvalue weighted by Gasteiger charge is 2.27. The first kappa shape index (κ1) is 15.9. The Morgan fingerprint density at radius 2 is 2.20 bits per heavy atom. The zero-order valence-electron chi connectivity index (χ0n) is 10.9. The maximum Gasteiger partial charge on any atom is 0.293 e. The van der Waals surface area contributed by atoms with Crippen molar-refractivity contribution < 1.29 is 18.1 Å². The number of nitriles is 1. The summed E-state index contributed by atoms with van der Waals surface area (Å²) >= 11 is 0. The Balaban J connectivity index is 3.25. The average molecular weight is 299 g/mol. The van der Waals surface area contributed by atoms with Gasteiger partial charge in [0.15, 0.2) is 4.90 Å². The Kier molecular flexibility index (Phi) is 5.01. The summed E-state index contributed by atoms with van der Waals surface area (Å²) in [7, 11) is -2.76. The van der Waals surface area contributed by atoms with Crippen LogP contribution in [0.3, 0.4) is 0 Å². The van der Waals surface area contributed by atoms with Crippen LogP contribution in [0.2, 0.25) is 0 Å². The molecule has 1 unspecified atom stereocenters. The van der Waals surface area contributed by atoms with Gasteiger partial charge in [-0.15, -0.1) is 0 Å². The number of hydrogen-bond donors (Lipinski definition) is 1. The lowest BCUT2D eigenvalue weighted by molar-refractivity contribution is -0.387. The zero-order chi connectivity index (χ0) is 15.3. The van der Waals surface area contributed by atoms with Crippen molar-refractivity contribution in [2.24, 2.45) is 0 Å². The number of benzene rings is 1. The Bertz CT molecular complexity index is 651. The molecule has 0 spiro atoms. The number of nitro benzene ring substituents is 1. The Labute approximate surface area is 116 Å². The number of hydrogen-bond acceptors (Lipinski definition) is 6. The highest BCUT2D eigenvalue weighted by molar-refractivity contribution is 7.89. The molecule has 0 heterocycles. The second kappa shape index (κ2) is 6.31. The van der Waals surface area contributed by atoms with E-state index in [-0.39, 0.29) is 12.2 Å². The van der Waals surface area contributed by atoms with Crippen LogP contribution in [0.4, 0.5) is 5.69 Å². The lowest BCUT2D eigenvalue weighted by Crippen LogP contribution is -2.32. The SMILES string of the molecule is COc1ccc(S(=O)(=O)NC(C)CC#N)c([N+](=O)[O-])c1. The van der Waals surface area contributed by atoms with Gasteiger partial charge in [0.25, 0.3) is 5.69 Å². The quantitative estimate of drug-likeness (QED) is 0.621. The van der Waals surface area contributed by atoms with E-state index in [2.05, 4.69) is 4.72 Å². The fourth-order valence-corrected chi connectivity index (χ4v) is 2.90. The van der Waals surface area contributed by atoms with E-state index in [1.165, 1.54) is 20.1 Å². The molecular weight excluding hydrogens is 286 g/mol. The smallest absolute Gasteiger partial charge is 0.293 e. The van der Waals surface area contributed by atoms with Crippen molar-refractivity contribution in [3.63, 3.8) is 0 Å². The first-order chi connectivity index (χ1) is 9.31. The summed E-state index contributed by atoms with van der Waals surface area (Å²) in [4.78, 5) is 9.69. The van der Waals surface area contributed by atoms with Crippen molar-refractivity contribution >= 4 is 15.7 Å². The van der Waals surface area contributed by atoms with E-state index >= 15 is 0 Å². The molecule has 0 amide bonds. The van der Waals surface area contributed by atoms with Gasteiger partial charge in [0.1, 0.15) is 5.75 Å². The van der Waals surface area contributed by atoms with E-state index in [9.17, 15) is 18.5 Å². The molecule has 0 fully saturated rings. The summed E-state index contributed by atoms with van der Waals surface area (Å²) in [5, 5.41) is 19.5. The Morgan fingerprint density at radius 3 is 2.70 bits per heavy atom. The first-order valence-corrected chi connectivity index (χ1v) is 7.02. The standard InChI is InChI=1S/C11H13N3O5S/c1-8(5-6-12)13-20(17,18)11-4-3-9(19-2)7-10(11)14(15)16/h3-4,7-8,13H,5H2,1-2H3. The molecule has 0 aromatic heterocycles. The predicted octanol–water partition coefficient (Wildman–Crippen LogP) is 1.18. The molecule has 0 bridgehead atoms. The number of nitro groups is 1. The average Bonchev–Trinajstić information content (AvgIpc) is 2.37. The number of nitrogens with zero attached hydrogens (tertiary/aromatic N) is 2. The van der Waals surface area contributed by atoms with Crippen molar-refractivity contribution in [2.75, 3.05) is 7.11 Å². The predicted molar refractivity (Wildman–Crippen MR) is 69.7 cm³/mol. The van der Waals surface area contributed by atoms with Crippen molar-refractivity contribution in [1.29, 1.82) is 5.26 Å². The number of methoxy groups -OCH3 is 1. The van der Waals surface area contributed by atoms with Crippen LogP contribution in [-0.2, 0) is 10.0 Å². The molecule has 20 heavy (non-hydrogen) atoms. The van der Waals surface area contributed by atoms with Crippen LogP contribution in [0.15, 0.2) is 23.1 Å². The second-order valence-corrected chi connectivity index (χ2v) is 5.66. The fourth-order valence-electron chi connectivity index (χ4n) is 1.50. The van der Waals surface area contributed by atoms with Gasteiger partial charge >= 0.3 is 0 Å². The van der Waals surface area contributed by atoms with Crippen molar-refractivity contribution in [3.8, 4) is 11.8 Å². The molecule has 1 rings (SSSR count). The highest BCUT2D eigenvalue weighted by atomic mass is 32.2. The van der Waals surface area contributed by atoms with Crippen molar-refractivity contribution in [2.45, 2.75) is 24.3 Å². The van der Waals surface area contributed by atoms with Crippen LogP contribution in [0.1, 0.15) is 13.3 Å². The van der Waals surface area contributed by atoms with Crippen LogP contribution in [-0.4, -0.2) is 26.5 Å². The molecule has 1 aromatic carbocycles. The van der Waals surface area contributed by atoms with Gasteiger partial charge in [-0.3, -0.25) is 10.1 Å². The molecule has 1 aromatic rings. The van der Waals surface area contributed by atoms with Gasteiger partial charge < -0.3 is 4.74 Å². The molecule has 9 heteroatoms. The summed E-state index contributed by atoms with van der Waals surface area (Å²) in [6, 6.07) is 4.61. The molecule has 108 valence electrons. The zero-order valence-corrected chi connectivity index (χ0v) is 11.7.